The van der Waals surface area contributed by atoms with Crippen LogP contribution in [-0.4, -0.2) is 52.8 Å². The lowest BCUT2D eigenvalue weighted by Gasteiger charge is -2.13. The Labute approximate surface area is 232 Å². The molecule has 0 spiro atoms. The monoisotopic (exact) mass is 554 g/mol. The molecule has 11 heteroatoms. The number of para-hydroxylation sites is 1. The molecular weight excluding hydrogens is 518 g/mol. The van der Waals surface area contributed by atoms with E-state index in [1.54, 1.807) is 17.9 Å². The maximum absolute atomic E-state index is 13.1. The molecule has 9 nitrogen and oxygen atoms in total. The van der Waals surface area contributed by atoms with Crippen LogP contribution in [0, 0.1) is 18.6 Å². The number of nitrogens with zero attached hydrogens (tertiary/aromatic N) is 4. The number of carbonyl (C=O) groups excluding carboxylic acids is 1. The van der Waals surface area contributed by atoms with E-state index in [-0.39, 0.29) is 18.6 Å². The van der Waals surface area contributed by atoms with Crippen LogP contribution in [0.15, 0.2) is 60.9 Å². The Bertz CT molecular complexity index is 1360. The number of aromatic nitrogens is 4. The van der Waals surface area contributed by atoms with Gasteiger partial charge in [-0.25, -0.2) is 13.5 Å². The van der Waals surface area contributed by atoms with Crippen molar-refractivity contribution in [3.8, 4) is 16.9 Å². The summed E-state index contributed by atoms with van der Waals surface area (Å²) in [5.41, 5.74) is 9.01. The second-order valence-electron chi connectivity index (χ2n) is 9.14. The van der Waals surface area contributed by atoms with Crippen molar-refractivity contribution in [1.29, 1.82) is 0 Å². The Morgan fingerprint density at radius 3 is 2.50 bits per heavy atom. The average Bonchev–Trinajstić information content (AvgIpc) is 3.69. The van der Waals surface area contributed by atoms with Crippen molar-refractivity contribution in [2.45, 2.75) is 38.4 Å². The number of anilines is 1. The topological polar surface area (TPSA) is 109 Å². The van der Waals surface area contributed by atoms with Crippen LogP contribution in [-0.2, 0) is 21.3 Å². The minimum atomic E-state index is -0.817. The summed E-state index contributed by atoms with van der Waals surface area (Å²) in [5, 5.41) is 12.2. The zero-order valence-corrected chi connectivity index (χ0v) is 23.2. The van der Waals surface area contributed by atoms with Gasteiger partial charge in [0.1, 0.15) is 11.5 Å². The largest absolute Gasteiger partial charge is 0.385 e. The number of methoxy groups -OCH3 is 1. The predicted octanol–water partition coefficient (Wildman–Crippen LogP) is 4.95. The molecule has 3 N–H and O–H groups in total. The Morgan fingerprint density at radius 1 is 1.18 bits per heavy atom. The Kier molecular flexibility index (Phi) is 11.3. The van der Waals surface area contributed by atoms with Gasteiger partial charge in [0.2, 0.25) is 6.41 Å². The molecule has 0 saturated carbocycles. The van der Waals surface area contributed by atoms with Crippen LogP contribution in [0.2, 0.25) is 0 Å². The summed E-state index contributed by atoms with van der Waals surface area (Å²) in [6.07, 6.45) is 6.73. The highest BCUT2D eigenvalue weighted by Gasteiger charge is 2.26. The number of aryl methyl sites for hydroxylation is 1. The zero-order valence-electron chi connectivity index (χ0n) is 23.2. The number of primary amides is 1. The van der Waals surface area contributed by atoms with E-state index < -0.39 is 11.6 Å². The summed E-state index contributed by atoms with van der Waals surface area (Å²) in [4.78, 5) is 8.58. The third-order valence-electron chi connectivity index (χ3n) is 6.41. The summed E-state index contributed by atoms with van der Waals surface area (Å²) in [7, 11) is 5.48. The lowest BCUT2D eigenvalue weighted by atomic mass is 10.1. The van der Waals surface area contributed by atoms with E-state index in [1.807, 2.05) is 61.5 Å². The standard InChI is InChI=1S/C15H17N5.C13H16F2O2.CH3NO/c1-11-14(12-9-17-19(3)10-12)18-20(15(11)16-2)13-7-5-4-6-8-13;1-16-7-6-10-3-5-13(17-10)9-2-4-11(14)12(15)8-9;2-1-3/h4-10,16H,1-3H3;2,4,8,10,13H,3,5-7H2,1H3;1H,(H2,2,3)/t;10-,13+;/m.1./s1. The first-order valence-corrected chi connectivity index (χ1v) is 12.9. The molecule has 2 atom stereocenters. The van der Waals surface area contributed by atoms with Gasteiger partial charge in [0.05, 0.1) is 24.1 Å². The van der Waals surface area contributed by atoms with Crippen molar-refractivity contribution in [2.75, 3.05) is 26.1 Å². The van der Waals surface area contributed by atoms with E-state index in [2.05, 4.69) is 23.1 Å². The van der Waals surface area contributed by atoms with Crippen LogP contribution in [0.25, 0.3) is 16.9 Å². The number of nitrogens with two attached hydrogens (primary N) is 1. The maximum atomic E-state index is 13.1. The quantitative estimate of drug-likeness (QED) is 0.313. The molecule has 1 amide bonds. The molecule has 4 aromatic rings. The molecular formula is C29H36F2N6O3. The molecule has 2 aromatic heterocycles. The van der Waals surface area contributed by atoms with E-state index in [0.717, 1.165) is 53.7 Å². The number of hydrogen-bond acceptors (Lipinski definition) is 6. The van der Waals surface area contributed by atoms with E-state index in [1.165, 1.54) is 6.07 Å². The summed E-state index contributed by atoms with van der Waals surface area (Å²) in [6.45, 7) is 2.73. The Balaban J connectivity index is 0.000000203. The van der Waals surface area contributed by atoms with Gasteiger partial charge in [-0.1, -0.05) is 24.3 Å². The summed E-state index contributed by atoms with van der Waals surface area (Å²) >= 11 is 0. The van der Waals surface area contributed by atoms with Crippen LogP contribution in [0.4, 0.5) is 14.6 Å². The van der Waals surface area contributed by atoms with Gasteiger partial charge in [-0.3, -0.25) is 9.48 Å². The number of ether oxygens (including phenoxy) is 2. The molecule has 1 fully saturated rings. The third kappa shape index (κ3) is 7.73. The highest BCUT2D eigenvalue weighted by Crippen LogP contribution is 2.34. The summed E-state index contributed by atoms with van der Waals surface area (Å²) in [5.74, 6) is -0.635. The first-order valence-electron chi connectivity index (χ1n) is 12.9. The van der Waals surface area contributed by atoms with Gasteiger partial charge in [-0.15, -0.1) is 0 Å². The van der Waals surface area contributed by atoms with Gasteiger partial charge in [0, 0.05) is 45.1 Å². The van der Waals surface area contributed by atoms with E-state index in [9.17, 15) is 8.78 Å². The average molecular weight is 555 g/mol. The molecule has 0 bridgehead atoms. The van der Waals surface area contributed by atoms with Crippen molar-refractivity contribution >= 4 is 12.2 Å². The van der Waals surface area contributed by atoms with Crippen LogP contribution >= 0.6 is 0 Å². The number of hydrogen-bond donors (Lipinski definition) is 2. The van der Waals surface area contributed by atoms with Gasteiger partial charge < -0.3 is 20.5 Å². The molecule has 1 saturated heterocycles. The minimum Gasteiger partial charge on any atom is -0.385 e. The van der Waals surface area contributed by atoms with Crippen LogP contribution < -0.4 is 11.1 Å². The van der Waals surface area contributed by atoms with Crippen molar-refractivity contribution in [2.24, 2.45) is 12.8 Å². The SMILES string of the molecule is CNc1c(C)c(-c2cnn(C)c2)nn1-c1ccccc1.COCC[C@H]1CC[C@@H](c2ccc(F)c(F)c2)O1.NC=O. The lowest BCUT2D eigenvalue weighted by Crippen LogP contribution is -2.09. The fourth-order valence-electron chi connectivity index (χ4n) is 4.49. The van der Waals surface area contributed by atoms with Gasteiger partial charge in [-0.2, -0.15) is 10.2 Å². The van der Waals surface area contributed by atoms with Gasteiger partial charge >= 0.3 is 0 Å². The van der Waals surface area contributed by atoms with Crippen LogP contribution in [0.3, 0.4) is 0 Å². The molecule has 1 aliphatic rings. The van der Waals surface area contributed by atoms with Crippen LogP contribution in [0.5, 0.6) is 0 Å². The number of nitrogens with one attached hydrogen (secondary N) is 1. The first kappa shape index (κ1) is 30.5. The summed E-state index contributed by atoms with van der Waals surface area (Å²) < 4.78 is 40.4. The predicted molar refractivity (Wildman–Crippen MR) is 150 cm³/mol. The van der Waals surface area contributed by atoms with Crippen molar-refractivity contribution in [3.05, 3.63) is 83.7 Å². The van der Waals surface area contributed by atoms with E-state index in [4.69, 9.17) is 19.4 Å². The van der Waals surface area contributed by atoms with Crippen molar-refractivity contribution < 1.29 is 23.0 Å². The molecule has 2 aromatic carbocycles. The Hall–Kier alpha value is -4.09. The van der Waals surface area contributed by atoms with Crippen LogP contribution in [0.1, 0.15) is 36.5 Å². The number of halogens is 2. The number of carbonyl (C=O) groups is 1. The molecule has 40 heavy (non-hydrogen) atoms. The van der Waals surface area contributed by atoms with Gasteiger partial charge in [0.25, 0.3) is 0 Å². The highest BCUT2D eigenvalue weighted by molar-refractivity contribution is 5.69. The molecule has 3 heterocycles. The number of benzene rings is 2. The number of rotatable bonds is 7. The fourth-order valence-corrected chi connectivity index (χ4v) is 4.49. The number of amides is 1. The highest BCUT2D eigenvalue weighted by atomic mass is 19.2. The second kappa shape index (κ2) is 14.9. The molecule has 0 unspecified atom stereocenters. The third-order valence-corrected chi connectivity index (χ3v) is 6.41. The normalized spacial score (nSPS) is 15.9. The van der Waals surface area contributed by atoms with Gasteiger partial charge in [-0.05, 0) is 56.0 Å². The maximum Gasteiger partial charge on any atom is 0.204 e. The van der Waals surface area contributed by atoms with Gasteiger partial charge in [0.15, 0.2) is 11.6 Å². The molecule has 214 valence electrons. The zero-order chi connectivity index (χ0) is 29.1. The summed E-state index contributed by atoms with van der Waals surface area (Å²) in [6, 6.07) is 14.1. The van der Waals surface area contributed by atoms with E-state index in [0.29, 0.717) is 12.2 Å². The Morgan fingerprint density at radius 2 is 1.90 bits per heavy atom. The lowest BCUT2D eigenvalue weighted by molar-refractivity contribution is -0.106. The van der Waals surface area contributed by atoms with E-state index >= 15 is 0 Å². The van der Waals surface area contributed by atoms with Crippen molar-refractivity contribution in [3.63, 3.8) is 0 Å². The fraction of sp³-hybridized carbons (Fsp3) is 0.345. The van der Waals surface area contributed by atoms with Crippen molar-refractivity contribution in [1.82, 2.24) is 19.6 Å². The first-order chi connectivity index (χ1) is 19.3. The minimum absolute atomic E-state index is 0.119. The molecule has 0 radical (unpaired) electrons. The second-order valence-corrected chi connectivity index (χ2v) is 9.14. The molecule has 5 rings (SSSR count). The molecule has 0 aliphatic carbocycles. The molecule has 1 aliphatic heterocycles. The smallest absolute Gasteiger partial charge is 0.204 e.